The second kappa shape index (κ2) is 11.2. The lowest BCUT2D eigenvalue weighted by Gasteiger charge is -2.45. The molecule has 2 rings (SSSR count). The third-order valence-corrected chi connectivity index (χ3v) is 13.1. The van der Waals surface area contributed by atoms with Crippen LogP contribution in [0.25, 0.3) is 0 Å². The van der Waals surface area contributed by atoms with E-state index in [1.165, 1.54) is 5.56 Å². The van der Waals surface area contributed by atoms with Crippen LogP contribution < -0.4 is 0 Å². The third-order valence-electron chi connectivity index (χ3n) is 6.92. The summed E-state index contributed by atoms with van der Waals surface area (Å²) in [5, 5.41) is 19.7. The van der Waals surface area contributed by atoms with E-state index in [1.54, 1.807) is 0 Å². The smallest absolute Gasteiger partial charge is 0.200 e. The van der Waals surface area contributed by atoms with Crippen molar-refractivity contribution in [3.63, 3.8) is 0 Å². The fourth-order valence-corrected chi connectivity index (χ4v) is 11.0. The fourth-order valence-electron chi connectivity index (χ4n) is 5.38. The van der Waals surface area contributed by atoms with E-state index in [1.807, 2.05) is 0 Å². The first-order chi connectivity index (χ1) is 14.2. The summed E-state index contributed by atoms with van der Waals surface area (Å²) in [5.41, 5.74) is 2.99. The quantitative estimate of drug-likeness (QED) is 0.291. The molecule has 4 nitrogen and oxygen atoms in total. The number of aliphatic hydroxyl groups excluding tert-OH is 1. The molecule has 1 aromatic rings. The Morgan fingerprint density at radius 3 is 2.17 bits per heavy atom. The molecule has 0 amide bonds. The molecule has 0 aromatic heterocycles. The van der Waals surface area contributed by atoms with Crippen molar-refractivity contribution in [1.29, 1.82) is 0 Å². The van der Waals surface area contributed by atoms with Crippen LogP contribution in [0.5, 0.6) is 0 Å². The van der Waals surface area contributed by atoms with Gasteiger partial charge < -0.3 is 19.4 Å². The van der Waals surface area contributed by atoms with E-state index in [-0.39, 0.29) is 25.2 Å². The van der Waals surface area contributed by atoms with Gasteiger partial charge in [0.2, 0.25) is 8.32 Å². The van der Waals surface area contributed by atoms with Gasteiger partial charge in [0, 0.05) is 18.4 Å². The molecule has 1 aliphatic carbocycles. The summed E-state index contributed by atoms with van der Waals surface area (Å²) >= 11 is 0. The van der Waals surface area contributed by atoms with Gasteiger partial charge in [-0.05, 0) is 47.9 Å². The number of aliphatic hydroxyl groups is 2. The predicted molar refractivity (Wildman–Crippen MR) is 126 cm³/mol. The summed E-state index contributed by atoms with van der Waals surface area (Å²) in [6.07, 6.45) is 4.75. The van der Waals surface area contributed by atoms with Crippen molar-refractivity contribution in [2.45, 2.75) is 102 Å². The van der Waals surface area contributed by atoms with Crippen LogP contribution >= 0.6 is 0 Å². The summed E-state index contributed by atoms with van der Waals surface area (Å²) < 4.78 is 12.6. The highest BCUT2D eigenvalue weighted by Crippen LogP contribution is 2.50. The van der Waals surface area contributed by atoms with Crippen LogP contribution in [0.2, 0.25) is 16.6 Å². The second-order valence-electron chi connectivity index (χ2n) is 9.99. The maximum atomic E-state index is 10.6. The standard InChI is InChI=1S/C25H44O4Si/c1-19(2)30(20(3)4,21(5)6)29-24(14-10-13-22-11-8-7-9-12-22)17-23-18-25(23,27)28-16-15-26/h7-9,11-12,19-21,23-24,26-27H,10,13-18H2,1-6H3. The van der Waals surface area contributed by atoms with Crippen LogP contribution in [0.1, 0.15) is 72.8 Å². The van der Waals surface area contributed by atoms with Crippen LogP contribution in [0.4, 0.5) is 0 Å². The molecule has 0 heterocycles. The number of hydrogen-bond acceptors (Lipinski definition) is 4. The van der Waals surface area contributed by atoms with E-state index >= 15 is 0 Å². The third kappa shape index (κ3) is 6.39. The Balaban J connectivity index is 2.09. The zero-order chi connectivity index (χ0) is 22.4. The minimum absolute atomic E-state index is 0.0594. The van der Waals surface area contributed by atoms with E-state index in [0.29, 0.717) is 23.0 Å². The molecule has 5 heteroatoms. The summed E-state index contributed by atoms with van der Waals surface area (Å²) in [6.45, 7) is 14.1. The number of rotatable bonds is 14. The lowest BCUT2D eigenvalue weighted by Crippen LogP contribution is -2.50. The van der Waals surface area contributed by atoms with Crippen molar-refractivity contribution in [2.75, 3.05) is 13.2 Å². The van der Waals surface area contributed by atoms with Gasteiger partial charge in [-0.3, -0.25) is 0 Å². The molecule has 0 saturated heterocycles. The largest absolute Gasteiger partial charge is 0.413 e. The summed E-state index contributed by atoms with van der Waals surface area (Å²) in [4.78, 5) is 0. The highest BCUT2D eigenvalue weighted by atomic mass is 28.4. The molecule has 0 aliphatic heterocycles. The zero-order valence-corrected chi connectivity index (χ0v) is 20.9. The molecule has 0 radical (unpaired) electrons. The van der Waals surface area contributed by atoms with E-state index in [9.17, 15) is 5.11 Å². The topological polar surface area (TPSA) is 58.9 Å². The van der Waals surface area contributed by atoms with Crippen LogP contribution in [0.3, 0.4) is 0 Å². The Labute approximate surface area is 185 Å². The Bertz CT molecular complexity index is 597. The number of aryl methyl sites for hydroxylation is 1. The van der Waals surface area contributed by atoms with Crippen molar-refractivity contribution in [3.8, 4) is 0 Å². The van der Waals surface area contributed by atoms with Crippen LogP contribution in [0.15, 0.2) is 30.3 Å². The van der Waals surface area contributed by atoms with Crippen molar-refractivity contribution in [1.82, 2.24) is 0 Å². The van der Waals surface area contributed by atoms with Gasteiger partial charge >= 0.3 is 0 Å². The lowest BCUT2D eigenvalue weighted by molar-refractivity contribution is -0.145. The van der Waals surface area contributed by atoms with Crippen molar-refractivity contribution in [2.24, 2.45) is 5.92 Å². The minimum Gasteiger partial charge on any atom is -0.413 e. The maximum absolute atomic E-state index is 10.6. The number of benzene rings is 1. The van der Waals surface area contributed by atoms with Gasteiger partial charge in [-0.2, -0.15) is 0 Å². The highest BCUT2D eigenvalue weighted by molar-refractivity contribution is 6.77. The van der Waals surface area contributed by atoms with Gasteiger partial charge in [0.1, 0.15) is 0 Å². The van der Waals surface area contributed by atoms with Crippen molar-refractivity contribution < 1.29 is 19.4 Å². The molecule has 0 spiro atoms. The van der Waals surface area contributed by atoms with Crippen molar-refractivity contribution in [3.05, 3.63) is 35.9 Å². The Hall–Kier alpha value is -0.723. The van der Waals surface area contributed by atoms with Gasteiger partial charge in [0.15, 0.2) is 5.79 Å². The van der Waals surface area contributed by atoms with Gasteiger partial charge in [-0.15, -0.1) is 0 Å². The summed E-state index contributed by atoms with van der Waals surface area (Å²) in [5.74, 6) is -0.967. The second-order valence-corrected chi connectivity index (χ2v) is 15.4. The molecule has 1 aromatic carbocycles. The molecule has 30 heavy (non-hydrogen) atoms. The Morgan fingerprint density at radius 2 is 1.63 bits per heavy atom. The molecule has 1 saturated carbocycles. The molecule has 0 bridgehead atoms. The molecule has 172 valence electrons. The van der Waals surface area contributed by atoms with E-state index in [4.69, 9.17) is 14.3 Å². The first-order valence-corrected chi connectivity index (χ1v) is 14.0. The molecule has 1 fully saturated rings. The van der Waals surface area contributed by atoms with E-state index in [0.717, 1.165) is 25.7 Å². The summed E-state index contributed by atoms with van der Waals surface area (Å²) in [6, 6.07) is 10.6. The first kappa shape index (κ1) is 25.5. The van der Waals surface area contributed by atoms with E-state index < -0.39 is 14.1 Å². The minimum atomic E-state index is -1.99. The van der Waals surface area contributed by atoms with Crippen LogP contribution in [0, 0.1) is 5.92 Å². The SMILES string of the molecule is CC(C)[Si](OC(CCCc1ccccc1)CC1CC1(O)OCCO)(C(C)C)C(C)C. The maximum Gasteiger partial charge on any atom is 0.200 e. The van der Waals surface area contributed by atoms with Crippen molar-refractivity contribution >= 4 is 8.32 Å². The van der Waals surface area contributed by atoms with Crippen LogP contribution in [-0.4, -0.2) is 43.6 Å². The number of ether oxygens (including phenoxy) is 1. The molecule has 3 unspecified atom stereocenters. The molecule has 2 N–H and O–H groups in total. The number of hydrogen-bond donors (Lipinski definition) is 2. The van der Waals surface area contributed by atoms with Gasteiger partial charge in [-0.1, -0.05) is 71.9 Å². The Morgan fingerprint density at radius 1 is 1.03 bits per heavy atom. The highest BCUT2D eigenvalue weighted by Gasteiger charge is 2.56. The molecule has 1 aliphatic rings. The Kier molecular flexibility index (Phi) is 9.56. The summed E-state index contributed by atoms with van der Waals surface area (Å²) in [7, 11) is -1.99. The zero-order valence-electron chi connectivity index (χ0n) is 19.9. The monoisotopic (exact) mass is 436 g/mol. The molecule has 3 atom stereocenters. The average molecular weight is 437 g/mol. The van der Waals surface area contributed by atoms with E-state index in [2.05, 4.69) is 71.9 Å². The van der Waals surface area contributed by atoms with Crippen LogP contribution in [-0.2, 0) is 15.6 Å². The lowest BCUT2D eigenvalue weighted by atomic mass is 10.0. The van der Waals surface area contributed by atoms with Gasteiger partial charge in [0.25, 0.3) is 0 Å². The normalized spacial score (nSPS) is 22.8. The molecular weight excluding hydrogens is 392 g/mol. The predicted octanol–water partition coefficient (Wildman–Crippen LogP) is 5.68. The first-order valence-electron chi connectivity index (χ1n) is 11.8. The van der Waals surface area contributed by atoms with Gasteiger partial charge in [-0.25, -0.2) is 0 Å². The molecular formula is C25H44O4Si. The van der Waals surface area contributed by atoms with Gasteiger partial charge in [0.05, 0.1) is 13.2 Å². The average Bonchev–Trinajstić information content (AvgIpc) is 3.33. The fraction of sp³-hybridized carbons (Fsp3) is 0.760.